The van der Waals surface area contributed by atoms with E-state index in [1.54, 1.807) is 0 Å². The average Bonchev–Trinajstić information content (AvgIpc) is 2.52. The zero-order chi connectivity index (χ0) is 11.3. The standard InChI is InChI=1S/C13H26N2/c1-10(2)11(3)15-8-12(4)6-14-7-13(12,5)9-15/h10-11,14H,6-9H2,1-5H3. The summed E-state index contributed by atoms with van der Waals surface area (Å²) in [5.41, 5.74) is 0.992. The maximum atomic E-state index is 3.57. The molecule has 0 radical (unpaired) electrons. The first-order valence-electron chi connectivity index (χ1n) is 6.33. The van der Waals surface area contributed by atoms with Crippen molar-refractivity contribution in [2.45, 2.75) is 40.7 Å². The highest BCUT2D eigenvalue weighted by Crippen LogP contribution is 2.49. The van der Waals surface area contributed by atoms with Crippen LogP contribution in [0.5, 0.6) is 0 Å². The summed E-state index contributed by atoms with van der Waals surface area (Å²) in [4.78, 5) is 2.70. The van der Waals surface area contributed by atoms with Gasteiger partial charge < -0.3 is 5.32 Å². The molecule has 0 amide bonds. The van der Waals surface area contributed by atoms with Gasteiger partial charge in [0.1, 0.15) is 0 Å². The van der Waals surface area contributed by atoms with Gasteiger partial charge in [-0.2, -0.15) is 0 Å². The van der Waals surface area contributed by atoms with E-state index in [-0.39, 0.29) is 0 Å². The molecule has 3 unspecified atom stereocenters. The predicted octanol–water partition coefficient (Wildman–Crippen LogP) is 1.96. The van der Waals surface area contributed by atoms with E-state index in [0.717, 1.165) is 12.0 Å². The lowest BCUT2D eigenvalue weighted by Crippen LogP contribution is -2.38. The quantitative estimate of drug-likeness (QED) is 0.749. The van der Waals surface area contributed by atoms with Crippen LogP contribution in [-0.2, 0) is 0 Å². The Balaban J connectivity index is 2.12. The molecule has 2 nitrogen and oxygen atoms in total. The van der Waals surface area contributed by atoms with Gasteiger partial charge in [-0.3, -0.25) is 4.90 Å². The molecule has 0 aromatic carbocycles. The van der Waals surface area contributed by atoms with Crippen LogP contribution in [0.3, 0.4) is 0 Å². The fourth-order valence-corrected chi connectivity index (χ4v) is 3.20. The summed E-state index contributed by atoms with van der Waals surface area (Å²) in [5.74, 6) is 0.768. The van der Waals surface area contributed by atoms with Crippen molar-refractivity contribution in [3.8, 4) is 0 Å². The Morgan fingerprint density at radius 2 is 1.47 bits per heavy atom. The molecular formula is C13H26N2. The molecule has 2 aliphatic heterocycles. The topological polar surface area (TPSA) is 15.3 Å². The SMILES string of the molecule is CC(C)C(C)N1CC2(C)CNCC2(C)C1. The summed E-state index contributed by atoms with van der Waals surface area (Å²) in [6.45, 7) is 16.9. The highest BCUT2D eigenvalue weighted by molar-refractivity contribution is 5.09. The lowest BCUT2D eigenvalue weighted by Gasteiger charge is -2.31. The summed E-state index contributed by atoms with van der Waals surface area (Å²) < 4.78 is 0. The van der Waals surface area contributed by atoms with Crippen LogP contribution in [0.15, 0.2) is 0 Å². The third kappa shape index (κ3) is 1.62. The molecule has 2 saturated heterocycles. The second kappa shape index (κ2) is 3.46. The van der Waals surface area contributed by atoms with Crippen LogP contribution in [0.2, 0.25) is 0 Å². The van der Waals surface area contributed by atoms with Crippen molar-refractivity contribution in [2.24, 2.45) is 16.7 Å². The number of hydrogen-bond acceptors (Lipinski definition) is 2. The molecule has 2 rings (SSSR count). The van der Waals surface area contributed by atoms with Crippen molar-refractivity contribution in [2.75, 3.05) is 26.2 Å². The minimum atomic E-state index is 0.496. The van der Waals surface area contributed by atoms with E-state index >= 15 is 0 Å². The van der Waals surface area contributed by atoms with Crippen LogP contribution in [0.4, 0.5) is 0 Å². The number of hydrogen-bond donors (Lipinski definition) is 1. The minimum absolute atomic E-state index is 0.496. The summed E-state index contributed by atoms with van der Waals surface area (Å²) in [6, 6.07) is 0.726. The Labute approximate surface area is 94.4 Å². The molecule has 0 spiro atoms. The highest BCUT2D eigenvalue weighted by Gasteiger charge is 2.55. The van der Waals surface area contributed by atoms with Gasteiger partial charge in [-0.25, -0.2) is 0 Å². The van der Waals surface area contributed by atoms with E-state index in [1.165, 1.54) is 26.2 Å². The average molecular weight is 210 g/mol. The molecule has 2 heterocycles. The van der Waals surface area contributed by atoms with E-state index in [2.05, 4.69) is 44.8 Å². The lowest BCUT2D eigenvalue weighted by atomic mass is 9.71. The van der Waals surface area contributed by atoms with E-state index in [1.807, 2.05) is 0 Å². The molecule has 2 aliphatic rings. The van der Waals surface area contributed by atoms with Crippen molar-refractivity contribution < 1.29 is 0 Å². The highest BCUT2D eigenvalue weighted by atomic mass is 15.2. The van der Waals surface area contributed by atoms with Gasteiger partial charge in [0, 0.05) is 43.1 Å². The Morgan fingerprint density at radius 3 is 1.87 bits per heavy atom. The molecule has 15 heavy (non-hydrogen) atoms. The number of likely N-dealkylation sites (tertiary alicyclic amines) is 1. The normalized spacial score (nSPS) is 43.6. The van der Waals surface area contributed by atoms with Gasteiger partial charge >= 0.3 is 0 Å². The molecule has 3 atom stereocenters. The number of nitrogens with zero attached hydrogens (tertiary/aromatic N) is 1. The van der Waals surface area contributed by atoms with Crippen LogP contribution in [0.25, 0.3) is 0 Å². The molecule has 0 saturated carbocycles. The summed E-state index contributed by atoms with van der Waals surface area (Å²) >= 11 is 0. The van der Waals surface area contributed by atoms with Crippen molar-refractivity contribution in [1.82, 2.24) is 10.2 Å². The van der Waals surface area contributed by atoms with E-state index < -0.39 is 0 Å². The first kappa shape index (κ1) is 11.4. The zero-order valence-electron chi connectivity index (χ0n) is 10.9. The third-order valence-electron chi connectivity index (χ3n) is 5.13. The second-order valence-electron chi connectivity index (χ2n) is 6.61. The predicted molar refractivity (Wildman–Crippen MR) is 65.0 cm³/mol. The van der Waals surface area contributed by atoms with Crippen LogP contribution in [0, 0.1) is 16.7 Å². The molecule has 88 valence electrons. The Morgan fingerprint density at radius 1 is 1.00 bits per heavy atom. The van der Waals surface area contributed by atoms with E-state index in [0.29, 0.717) is 10.8 Å². The largest absolute Gasteiger partial charge is 0.316 e. The van der Waals surface area contributed by atoms with Gasteiger partial charge in [0.05, 0.1) is 0 Å². The summed E-state index contributed by atoms with van der Waals surface area (Å²) in [5, 5.41) is 3.57. The monoisotopic (exact) mass is 210 g/mol. The van der Waals surface area contributed by atoms with Gasteiger partial charge in [-0.15, -0.1) is 0 Å². The number of nitrogens with one attached hydrogen (secondary N) is 1. The molecule has 0 aromatic rings. The number of rotatable bonds is 2. The number of fused-ring (bicyclic) bond motifs is 1. The molecule has 0 aliphatic carbocycles. The Bertz CT molecular complexity index is 233. The maximum Gasteiger partial charge on any atom is 0.00904 e. The van der Waals surface area contributed by atoms with Crippen LogP contribution in [-0.4, -0.2) is 37.1 Å². The molecular weight excluding hydrogens is 184 g/mol. The zero-order valence-corrected chi connectivity index (χ0v) is 10.9. The Kier molecular flexibility index (Phi) is 2.63. The van der Waals surface area contributed by atoms with Crippen molar-refractivity contribution in [3.05, 3.63) is 0 Å². The molecule has 0 bridgehead atoms. The van der Waals surface area contributed by atoms with Crippen LogP contribution in [0.1, 0.15) is 34.6 Å². The lowest BCUT2D eigenvalue weighted by molar-refractivity contribution is 0.181. The summed E-state index contributed by atoms with van der Waals surface area (Å²) in [7, 11) is 0. The Hall–Kier alpha value is -0.0800. The minimum Gasteiger partial charge on any atom is -0.316 e. The van der Waals surface area contributed by atoms with Crippen LogP contribution < -0.4 is 5.32 Å². The third-order valence-corrected chi connectivity index (χ3v) is 5.13. The first-order valence-corrected chi connectivity index (χ1v) is 6.33. The van der Waals surface area contributed by atoms with Crippen molar-refractivity contribution in [3.63, 3.8) is 0 Å². The summed E-state index contributed by atoms with van der Waals surface area (Å²) in [6.07, 6.45) is 0. The molecule has 2 fully saturated rings. The first-order chi connectivity index (χ1) is 6.88. The fraction of sp³-hybridized carbons (Fsp3) is 1.00. The smallest absolute Gasteiger partial charge is 0.00904 e. The van der Waals surface area contributed by atoms with Gasteiger partial charge in [0.15, 0.2) is 0 Å². The van der Waals surface area contributed by atoms with Gasteiger partial charge in [-0.1, -0.05) is 27.7 Å². The van der Waals surface area contributed by atoms with Gasteiger partial charge in [0.25, 0.3) is 0 Å². The van der Waals surface area contributed by atoms with Crippen molar-refractivity contribution >= 4 is 0 Å². The molecule has 1 N–H and O–H groups in total. The van der Waals surface area contributed by atoms with E-state index in [9.17, 15) is 0 Å². The fourth-order valence-electron chi connectivity index (χ4n) is 3.20. The maximum absolute atomic E-state index is 3.57. The van der Waals surface area contributed by atoms with Gasteiger partial charge in [-0.05, 0) is 12.8 Å². The molecule has 2 heteroatoms. The van der Waals surface area contributed by atoms with Gasteiger partial charge in [0.2, 0.25) is 0 Å². The second-order valence-corrected chi connectivity index (χ2v) is 6.61. The van der Waals surface area contributed by atoms with Crippen molar-refractivity contribution in [1.29, 1.82) is 0 Å². The molecule has 0 aromatic heterocycles. The van der Waals surface area contributed by atoms with E-state index in [4.69, 9.17) is 0 Å². The van der Waals surface area contributed by atoms with Crippen LogP contribution >= 0.6 is 0 Å².